The van der Waals surface area contributed by atoms with Crippen LogP contribution >= 0.6 is 12.4 Å². The highest BCUT2D eigenvalue weighted by atomic mass is 35.5. The molecule has 0 saturated carbocycles. The number of fused-ring (bicyclic) bond motifs is 1. The van der Waals surface area contributed by atoms with E-state index in [9.17, 15) is 0 Å². The summed E-state index contributed by atoms with van der Waals surface area (Å²) in [5.41, 5.74) is 2.99. The molecule has 1 atom stereocenters. The molecular formula is C25H44ClNO. The molecule has 3 heteroatoms. The number of ether oxygens (including phenoxy) is 1. The lowest BCUT2D eigenvalue weighted by atomic mass is 9.88. The summed E-state index contributed by atoms with van der Waals surface area (Å²) in [6.07, 6.45) is 20.7. The highest BCUT2D eigenvalue weighted by molar-refractivity contribution is 5.85. The zero-order valence-electron chi connectivity index (χ0n) is 18.4. The fourth-order valence-electron chi connectivity index (χ4n) is 4.30. The monoisotopic (exact) mass is 409 g/mol. The molecule has 0 bridgehead atoms. The number of benzene rings is 1. The van der Waals surface area contributed by atoms with Gasteiger partial charge in [0.15, 0.2) is 0 Å². The topological polar surface area (TPSA) is 21.3 Å². The number of aryl methyl sites for hydroxylation is 1. The van der Waals surface area contributed by atoms with Crippen molar-refractivity contribution < 1.29 is 4.74 Å². The van der Waals surface area contributed by atoms with Crippen molar-refractivity contribution in [3.05, 3.63) is 29.3 Å². The van der Waals surface area contributed by atoms with Crippen molar-refractivity contribution in [1.82, 2.24) is 5.32 Å². The maximum atomic E-state index is 5.34. The van der Waals surface area contributed by atoms with Gasteiger partial charge in [0.1, 0.15) is 5.75 Å². The van der Waals surface area contributed by atoms with Crippen LogP contribution in [0.15, 0.2) is 18.2 Å². The van der Waals surface area contributed by atoms with Crippen LogP contribution in [-0.4, -0.2) is 19.7 Å². The Morgan fingerprint density at radius 1 is 0.857 bits per heavy atom. The fourth-order valence-corrected chi connectivity index (χ4v) is 4.30. The number of unbranched alkanes of at least 4 members (excludes halogenated alkanes) is 11. The summed E-state index contributed by atoms with van der Waals surface area (Å²) >= 11 is 0. The first-order chi connectivity index (χ1) is 13.3. The van der Waals surface area contributed by atoms with E-state index in [0.29, 0.717) is 6.04 Å². The van der Waals surface area contributed by atoms with Gasteiger partial charge in [-0.2, -0.15) is 0 Å². The van der Waals surface area contributed by atoms with Gasteiger partial charge >= 0.3 is 0 Å². The van der Waals surface area contributed by atoms with Crippen LogP contribution in [0.25, 0.3) is 0 Å². The summed E-state index contributed by atoms with van der Waals surface area (Å²) in [5, 5.41) is 3.80. The van der Waals surface area contributed by atoms with Gasteiger partial charge in [-0.05, 0) is 55.5 Å². The van der Waals surface area contributed by atoms with Crippen molar-refractivity contribution in [2.24, 2.45) is 0 Å². The lowest BCUT2D eigenvalue weighted by Gasteiger charge is -2.26. The number of rotatable bonds is 15. The maximum Gasteiger partial charge on any atom is 0.119 e. The van der Waals surface area contributed by atoms with E-state index >= 15 is 0 Å². The van der Waals surface area contributed by atoms with Gasteiger partial charge < -0.3 is 10.1 Å². The van der Waals surface area contributed by atoms with Crippen LogP contribution in [0.1, 0.15) is 102 Å². The van der Waals surface area contributed by atoms with E-state index in [1.54, 1.807) is 7.11 Å². The van der Waals surface area contributed by atoms with Crippen LogP contribution in [0.5, 0.6) is 5.75 Å². The van der Waals surface area contributed by atoms with Crippen LogP contribution < -0.4 is 10.1 Å². The van der Waals surface area contributed by atoms with Crippen molar-refractivity contribution in [2.45, 2.75) is 109 Å². The first kappa shape index (κ1) is 25.3. The predicted octanol–water partition coefficient (Wildman–Crippen LogP) is 7.27. The van der Waals surface area contributed by atoms with Crippen molar-refractivity contribution in [3.8, 4) is 5.75 Å². The van der Waals surface area contributed by atoms with Crippen molar-refractivity contribution >= 4 is 12.4 Å². The molecule has 0 radical (unpaired) electrons. The van der Waals surface area contributed by atoms with E-state index in [1.165, 1.54) is 114 Å². The van der Waals surface area contributed by atoms with E-state index in [4.69, 9.17) is 4.74 Å². The summed E-state index contributed by atoms with van der Waals surface area (Å²) in [4.78, 5) is 0. The van der Waals surface area contributed by atoms with Crippen LogP contribution in [0.3, 0.4) is 0 Å². The van der Waals surface area contributed by atoms with Crippen LogP contribution in [0, 0.1) is 0 Å². The van der Waals surface area contributed by atoms with Gasteiger partial charge in [-0.25, -0.2) is 0 Å². The third kappa shape index (κ3) is 10.2. The lowest BCUT2D eigenvalue weighted by Crippen LogP contribution is -2.35. The second-order valence-corrected chi connectivity index (χ2v) is 8.42. The molecule has 0 saturated heterocycles. The van der Waals surface area contributed by atoms with Gasteiger partial charge in [0, 0.05) is 6.04 Å². The fraction of sp³-hybridized carbons (Fsp3) is 0.760. The van der Waals surface area contributed by atoms with Gasteiger partial charge in [-0.3, -0.25) is 0 Å². The zero-order chi connectivity index (χ0) is 19.2. The normalized spacial score (nSPS) is 15.7. The molecule has 162 valence electrons. The van der Waals surface area contributed by atoms with Gasteiger partial charge in [0.2, 0.25) is 0 Å². The second-order valence-electron chi connectivity index (χ2n) is 8.42. The molecule has 2 nitrogen and oxygen atoms in total. The SMILES string of the molecule is CCCCCCCCCCCCCCNC1CCc2cc(OC)ccc2C1.Cl. The Bertz CT molecular complexity index is 505. The molecule has 28 heavy (non-hydrogen) atoms. The predicted molar refractivity (Wildman–Crippen MR) is 125 cm³/mol. The molecule has 0 fully saturated rings. The van der Waals surface area contributed by atoms with Crippen molar-refractivity contribution in [2.75, 3.05) is 13.7 Å². The third-order valence-corrected chi connectivity index (χ3v) is 6.11. The summed E-state index contributed by atoms with van der Waals surface area (Å²) in [5.74, 6) is 0.997. The standard InChI is InChI=1S/C25H43NO.ClH/c1-3-4-5-6-7-8-9-10-11-12-13-14-19-26-24-17-15-23-21-25(27-2)18-16-22(23)20-24;/h16,18,21,24,26H,3-15,17,19-20H2,1-2H3;1H. The minimum atomic E-state index is 0. The quantitative estimate of drug-likeness (QED) is 0.307. The molecule has 0 heterocycles. The molecule has 0 aromatic heterocycles. The molecule has 0 amide bonds. The first-order valence-corrected chi connectivity index (χ1v) is 11.7. The highest BCUT2D eigenvalue weighted by Gasteiger charge is 2.18. The molecule has 1 aromatic rings. The molecule has 1 aliphatic rings. The summed E-state index contributed by atoms with van der Waals surface area (Å²) in [6, 6.07) is 7.24. The summed E-state index contributed by atoms with van der Waals surface area (Å²) in [6.45, 7) is 3.48. The number of methoxy groups -OCH3 is 1. The average Bonchev–Trinajstić information content (AvgIpc) is 2.71. The number of halogens is 1. The molecule has 0 spiro atoms. The third-order valence-electron chi connectivity index (χ3n) is 6.11. The Morgan fingerprint density at radius 3 is 2.07 bits per heavy atom. The Labute approximate surface area is 180 Å². The van der Waals surface area contributed by atoms with Crippen LogP contribution in [-0.2, 0) is 12.8 Å². The average molecular weight is 410 g/mol. The van der Waals surface area contributed by atoms with E-state index in [2.05, 4.69) is 30.4 Å². The zero-order valence-corrected chi connectivity index (χ0v) is 19.3. The number of nitrogens with one attached hydrogen (secondary N) is 1. The molecule has 1 unspecified atom stereocenters. The summed E-state index contributed by atoms with van der Waals surface area (Å²) in [7, 11) is 1.75. The minimum Gasteiger partial charge on any atom is -0.497 e. The largest absolute Gasteiger partial charge is 0.497 e. The van der Waals surface area contributed by atoms with E-state index in [-0.39, 0.29) is 12.4 Å². The molecule has 2 rings (SSSR count). The van der Waals surface area contributed by atoms with Gasteiger partial charge in [-0.1, -0.05) is 83.6 Å². The van der Waals surface area contributed by atoms with Gasteiger partial charge in [-0.15, -0.1) is 12.4 Å². The Kier molecular flexibility index (Phi) is 14.6. The van der Waals surface area contributed by atoms with Gasteiger partial charge in [0.05, 0.1) is 7.11 Å². The number of hydrogen-bond acceptors (Lipinski definition) is 2. The maximum absolute atomic E-state index is 5.34. The van der Waals surface area contributed by atoms with Crippen molar-refractivity contribution in [1.29, 1.82) is 0 Å². The molecule has 1 aromatic carbocycles. The van der Waals surface area contributed by atoms with E-state index in [0.717, 1.165) is 5.75 Å². The second kappa shape index (κ2) is 16.1. The Morgan fingerprint density at radius 2 is 1.46 bits per heavy atom. The van der Waals surface area contributed by atoms with Crippen LogP contribution in [0.2, 0.25) is 0 Å². The lowest BCUT2D eigenvalue weighted by molar-refractivity contribution is 0.410. The van der Waals surface area contributed by atoms with E-state index < -0.39 is 0 Å². The highest BCUT2D eigenvalue weighted by Crippen LogP contribution is 2.25. The Hall–Kier alpha value is -0.730. The molecule has 1 aliphatic carbocycles. The molecule has 1 N–H and O–H groups in total. The smallest absolute Gasteiger partial charge is 0.119 e. The molecule has 0 aliphatic heterocycles. The van der Waals surface area contributed by atoms with Crippen LogP contribution in [0.4, 0.5) is 0 Å². The first-order valence-electron chi connectivity index (χ1n) is 11.7. The van der Waals surface area contributed by atoms with Gasteiger partial charge in [0.25, 0.3) is 0 Å². The minimum absolute atomic E-state index is 0. The Balaban J connectivity index is 0.00000392. The molecular weight excluding hydrogens is 366 g/mol. The number of hydrogen-bond donors (Lipinski definition) is 1. The summed E-state index contributed by atoms with van der Waals surface area (Å²) < 4.78 is 5.34. The van der Waals surface area contributed by atoms with E-state index in [1.807, 2.05) is 0 Å². The van der Waals surface area contributed by atoms with Crippen molar-refractivity contribution in [3.63, 3.8) is 0 Å².